The number of rotatable bonds is 9. The molecule has 0 spiro atoms. The highest BCUT2D eigenvalue weighted by molar-refractivity contribution is 5.85. The van der Waals surface area contributed by atoms with Gasteiger partial charge in [-0.2, -0.15) is 5.10 Å². The second-order valence-corrected chi connectivity index (χ2v) is 4.47. The Morgan fingerprint density at radius 1 is 1.20 bits per heavy atom. The summed E-state index contributed by atoms with van der Waals surface area (Å²) in [4.78, 5) is 8.46. The van der Waals surface area contributed by atoms with Crippen molar-refractivity contribution in [1.82, 2.24) is 19.7 Å². The summed E-state index contributed by atoms with van der Waals surface area (Å²) in [6.07, 6.45) is 5.38. The number of aromatic nitrogens is 4. The van der Waals surface area contributed by atoms with Gasteiger partial charge in [-0.25, -0.2) is 9.97 Å². The minimum absolute atomic E-state index is 0.651. The zero-order valence-electron chi connectivity index (χ0n) is 12.0. The quantitative estimate of drug-likeness (QED) is 0.696. The number of fused-ring (bicyclic) bond motifs is 1. The van der Waals surface area contributed by atoms with Gasteiger partial charge in [-0.15, -0.1) is 0 Å². The SMILES string of the molecule is COCCOCCCCNc1ncnc2c1cnn2C. The molecular formula is C13H21N5O2. The third-order valence-corrected chi connectivity index (χ3v) is 2.97. The Labute approximate surface area is 118 Å². The molecule has 0 amide bonds. The first-order chi connectivity index (χ1) is 9.83. The highest BCUT2D eigenvalue weighted by Crippen LogP contribution is 2.17. The second-order valence-electron chi connectivity index (χ2n) is 4.47. The van der Waals surface area contributed by atoms with E-state index in [2.05, 4.69) is 20.4 Å². The van der Waals surface area contributed by atoms with E-state index in [9.17, 15) is 0 Å². The van der Waals surface area contributed by atoms with E-state index in [0.29, 0.717) is 13.2 Å². The lowest BCUT2D eigenvalue weighted by atomic mass is 10.3. The molecule has 0 bridgehead atoms. The van der Waals surface area contributed by atoms with Crippen LogP contribution in [0.1, 0.15) is 12.8 Å². The highest BCUT2D eigenvalue weighted by Gasteiger charge is 2.06. The lowest BCUT2D eigenvalue weighted by Crippen LogP contribution is -2.07. The van der Waals surface area contributed by atoms with Crippen molar-refractivity contribution in [3.63, 3.8) is 0 Å². The van der Waals surface area contributed by atoms with Gasteiger partial charge in [0.25, 0.3) is 0 Å². The Kier molecular flexibility index (Phi) is 5.69. The summed E-state index contributed by atoms with van der Waals surface area (Å²) in [5.41, 5.74) is 0.838. The molecule has 2 aromatic heterocycles. The predicted octanol–water partition coefficient (Wildman–Crippen LogP) is 1.22. The normalized spacial score (nSPS) is 11.1. The van der Waals surface area contributed by atoms with Crippen molar-refractivity contribution >= 4 is 16.9 Å². The lowest BCUT2D eigenvalue weighted by molar-refractivity contribution is 0.0691. The van der Waals surface area contributed by atoms with Crippen molar-refractivity contribution in [2.75, 3.05) is 38.8 Å². The number of nitrogens with one attached hydrogen (secondary N) is 1. The molecule has 0 saturated carbocycles. The Balaban J connectivity index is 1.71. The predicted molar refractivity (Wildman–Crippen MR) is 76.7 cm³/mol. The molecule has 110 valence electrons. The molecule has 0 fully saturated rings. The fourth-order valence-electron chi connectivity index (χ4n) is 1.88. The second kappa shape index (κ2) is 7.76. The number of hydrogen-bond donors (Lipinski definition) is 1. The van der Waals surface area contributed by atoms with Gasteiger partial charge in [0, 0.05) is 27.3 Å². The van der Waals surface area contributed by atoms with Gasteiger partial charge >= 0.3 is 0 Å². The summed E-state index contributed by atoms with van der Waals surface area (Å²) in [7, 11) is 3.55. The minimum Gasteiger partial charge on any atom is -0.382 e. The summed E-state index contributed by atoms with van der Waals surface area (Å²) in [6.45, 7) is 2.93. The van der Waals surface area contributed by atoms with Gasteiger partial charge in [0.1, 0.15) is 12.1 Å². The van der Waals surface area contributed by atoms with Gasteiger partial charge in [-0.3, -0.25) is 4.68 Å². The van der Waals surface area contributed by atoms with E-state index in [4.69, 9.17) is 9.47 Å². The molecule has 2 heterocycles. The summed E-state index contributed by atoms with van der Waals surface area (Å²) in [6, 6.07) is 0. The van der Waals surface area contributed by atoms with Gasteiger partial charge in [-0.05, 0) is 12.8 Å². The van der Waals surface area contributed by atoms with E-state index in [1.807, 2.05) is 7.05 Å². The summed E-state index contributed by atoms with van der Waals surface area (Å²) >= 11 is 0. The van der Waals surface area contributed by atoms with Crippen molar-refractivity contribution in [3.8, 4) is 0 Å². The van der Waals surface area contributed by atoms with Crippen molar-refractivity contribution in [2.24, 2.45) is 7.05 Å². The number of anilines is 1. The molecule has 0 unspecified atom stereocenters. The van der Waals surface area contributed by atoms with Crippen LogP contribution < -0.4 is 5.32 Å². The van der Waals surface area contributed by atoms with Gasteiger partial charge in [-0.1, -0.05) is 0 Å². The van der Waals surface area contributed by atoms with Crippen LogP contribution in [0.25, 0.3) is 11.0 Å². The molecule has 7 nitrogen and oxygen atoms in total. The zero-order chi connectivity index (χ0) is 14.2. The Hall–Kier alpha value is -1.73. The molecule has 0 aliphatic carbocycles. The maximum atomic E-state index is 5.41. The Morgan fingerprint density at radius 3 is 2.95 bits per heavy atom. The van der Waals surface area contributed by atoms with Crippen LogP contribution >= 0.6 is 0 Å². The molecule has 20 heavy (non-hydrogen) atoms. The molecule has 0 saturated heterocycles. The number of aryl methyl sites for hydroxylation is 1. The van der Waals surface area contributed by atoms with Crippen LogP contribution in [0.3, 0.4) is 0 Å². The van der Waals surface area contributed by atoms with Crippen LogP contribution in [0, 0.1) is 0 Å². The maximum Gasteiger partial charge on any atom is 0.163 e. The Morgan fingerprint density at radius 2 is 2.10 bits per heavy atom. The van der Waals surface area contributed by atoms with Crippen LogP contribution in [-0.4, -0.2) is 53.2 Å². The van der Waals surface area contributed by atoms with E-state index >= 15 is 0 Å². The van der Waals surface area contributed by atoms with Gasteiger partial charge < -0.3 is 14.8 Å². The van der Waals surface area contributed by atoms with Crippen molar-refractivity contribution in [1.29, 1.82) is 0 Å². The van der Waals surface area contributed by atoms with Crippen LogP contribution in [0.5, 0.6) is 0 Å². The maximum absolute atomic E-state index is 5.41. The molecule has 0 aliphatic heterocycles. The number of nitrogens with zero attached hydrogens (tertiary/aromatic N) is 4. The van der Waals surface area contributed by atoms with E-state index in [1.54, 1.807) is 24.3 Å². The standard InChI is InChI=1S/C13H21N5O2/c1-18-13-11(9-17-18)12(15-10-16-13)14-5-3-4-6-20-8-7-19-2/h9-10H,3-8H2,1-2H3,(H,14,15,16). The smallest absolute Gasteiger partial charge is 0.163 e. The monoisotopic (exact) mass is 279 g/mol. The first-order valence-corrected chi connectivity index (χ1v) is 6.76. The fourth-order valence-corrected chi connectivity index (χ4v) is 1.88. The summed E-state index contributed by atoms with van der Waals surface area (Å²) in [5, 5.41) is 8.45. The van der Waals surface area contributed by atoms with E-state index in [0.717, 1.165) is 42.8 Å². The van der Waals surface area contributed by atoms with E-state index < -0.39 is 0 Å². The average Bonchev–Trinajstić information content (AvgIpc) is 2.84. The number of unbranched alkanes of at least 4 members (excludes halogenated alkanes) is 1. The third-order valence-electron chi connectivity index (χ3n) is 2.97. The van der Waals surface area contributed by atoms with Crippen LogP contribution in [0.2, 0.25) is 0 Å². The van der Waals surface area contributed by atoms with E-state index in [-0.39, 0.29) is 0 Å². The van der Waals surface area contributed by atoms with Crippen LogP contribution in [0.15, 0.2) is 12.5 Å². The summed E-state index contributed by atoms with van der Waals surface area (Å²) in [5.74, 6) is 0.836. The van der Waals surface area contributed by atoms with Crippen molar-refractivity contribution in [3.05, 3.63) is 12.5 Å². The Bertz CT molecular complexity index is 528. The molecule has 0 aliphatic rings. The van der Waals surface area contributed by atoms with Crippen molar-refractivity contribution in [2.45, 2.75) is 12.8 Å². The fraction of sp³-hybridized carbons (Fsp3) is 0.615. The number of methoxy groups -OCH3 is 1. The van der Waals surface area contributed by atoms with Gasteiger partial charge in [0.15, 0.2) is 5.65 Å². The van der Waals surface area contributed by atoms with Crippen LogP contribution in [-0.2, 0) is 16.5 Å². The number of ether oxygens (including phenoxy) is 2. The third kappa shape index (κ3) is 3.88. The van der Waals surface area contributed by atoms with Gasteiger partial charge in [0.05, 0.1) is 24.8 Å². The highest BCUT2D eigenvalue weighted by atomic mass is 16.5. The molecule has 7 heteroatoms. The average molecular weight is 279 g/mol. The van der Waals surface area contributed by atoms with E-state index in [1.165, 1.54) is 0 Å². The molecule has 0 atom stereocenters. The molecule has 1 N–H and O–H groups in total. The minimum atomic E-state index is 0.651. The summed E-state index contributed by atoms with van der Waals surface area (Å²) < 4.78 is 12.1. The van der Waals surface area contributed by atoms with Gasteiger partial charge in [0.2, 0.25) is 0 Å². The molecule has 0 radical (unpaired) electrons. The molecular weight excluding hydrogens is 258 g/mol. The van der Waals surface area contributed by atoms with Crippen LogP contribution in [0.4, 0.5) is 5.82 Å². The zero-order valence-corrected chi connectivity index (χ0v) is 12.0. The van der Waals surface area contributed by atoms with Crippen molar-refractivity contribution < 1.29 is 9.47 Å². The largest absolute Gasteiger partial charge is 0.382 e. The molecule has 0 aromatic carbocycles. The topological polar surface area (TPSA) is 74.1 Å². The first-order valence-electron chi connectivity index (χ1n) is 6.76. The lowest BCUT2D eigenvalue weighted by Gasteiger charge is -2.06. The molecule has 2 aromatic rings. The first kappa shape index (κ1) is 14.7. The number of hydrogen-bond acceptors (Lipinski definition) is 6. The molecule has 2 rings (SSSR count).